The second-order valence-corrected chi connectivity index (χ2v) is 8.71. The van der Waals surface area contributed by atoms with Crippen molar-refractivity contribution in [3.63, 3.8) is 0 Å². The number of benzene rings is 1. The number of likely N-dealkylation sites (N-methyl/N-ethyl adjacent to an activating group) is 1. The summed E-state index contributed by atoms with van der Waals surface area (Å²) in [5.41, 5.74) is 10.0. The van der Waals surface area contributed by atoms with Gasteiger partial charge < -0.3 is 14.8 Å². The van der Waals surface area contributed by atoms with E-state index < -0.39 is 0 Å². The number of aromatic nitrogens is 2. The fourth-order valence-corrected chi connectivity index (χ4v) is 5.41. The van der Waals surface area contributed by atoms with Gasteiger partial charge in [0.05, 0.1) is 23.5 Å². The van der Waals surface area contributed by atoms with Crippen molar-refractivity contribution in [3.8, 4) is 5.69 Å². The second kappa shape index (κ2) is 7.88. The van der Waals surface area contributed by atoms with E-state index in [1.807, 2.05) is 18.3 Å². The second-order valence-electron chi connectivity index (χ2n) is 8.32. The van der Waals surface area contributed by atoms with Gasteiger partial charge in [0.1, 0.15) is 0 Å². The molecule has 0 spiro atoms. The van der Waals surface area contributed by atoms with Crippen LogP contribution in [0.25, 0.3) is 5.69 Å². The average molecular weight is 419 g/mol. The summed E-state index contributed by atoms with van der Waals surface area (Å²) in [6.07, 6.45) is 1.86. The number of aryl methyl sites for hydroxylation is 4. The van der Waals surface area contributed by atoms with Crippen LogP contribution in [0.1, 0.15) is 58.3 Å². The normalized spacial score (nSPS) is 18.7. The number of pyridine rings is 1. The molecule has 5 heteroatoms. The van der Waals surface area contributed by atoms with E-state index in [1.165, 1.54) is 39.3 Å². The monoisotopic (exact) mass is 418 g/mol. The van der Waals surface area contributed by atoms with E-state index >= 15 is 0 Å². The van der Waals surface area contributed by atoms with Crippen molar-refractivity contribution in [1.29, 1.82) is 0 Å². The summed E-state index contributed by atoms with van der Waals surface area (Å²) in [6.45, 7) is 14.0. The first kappa shape index (κ1) is 20.6. The van der Waals surface area contributed by atoms with Gasteiger partial charge in [-0.1, -0.05) is 23.8 Å². The highest BCUT2D eigenvalue weighted by Gasteiger charge is 2.40. The van der Waals surface area contributed by atoms with Gasteiger partial charge in [0, 0.05) is 24.1 Å². The lowest BCUT2D eigenvalue weighted by Crippen LogP contribution is -2.29. The van der Waals surface area contributed by atoms with Crippen molar-refractivity contribution in [2.75, 3.05) is 6.54 Å². The van der Waals surface area contributed by atoms with Crippen molar-refractivity contribution < 1.29 is 0 Å². The molecule has 1 N–H and O–H groups in total. The van der Waals surface area contributed by atoms with Crippen molar-refractivity contribution in [1.82, 2.24) is 19.8 Å². The van der Waals surface area contributed by atoms with Gasteiger partial charge in [0.15, 0.2) is 5.11 Å². The van der Waals surface area contributed by atoms with Crippen LogP contribution in [0, 0.1) is 34.6 Å². The molecule has 0 aliphatic carbocycles. The molecule has 0 bridgehead atoms. The van der Waals surface area contributed by atoms with Crippen molar-refractivity contribution in [2.24, 2.45) is 0 Å². The molecule has 4 nitrogen and oxygen atoms in total. The highest BCUT2D eigenvalue weighted by atomic mass is 32.1. The lowest BCUT2D eigenvalue weighted by Gasteiger charge is -2.27. The maximum atomic E-state index is 5.71. The van der Waals surface area contributed by atoms with Crippen LogP contribution in [0.15, 0.2) is 42.6 Å². The van der Waals surface area contributed by atoms with Crippen LogP contribution in [0.3, 0.4) is 0 Å². The third-order valence-electron chi connectivity index (χ3n) is 6.19. The quantitative estimate of drug-likeness (QED) is 0.575. The van der Waals surface area contributed by atoms with Gasteiger partial charge in [-0.15, -0.1) is 0 Å². The van der Waals surface area contributed by atoms with Crippen LogP contribution in [0.4, 0.5) is 0 Å². The predicted molar refractivity (Wildman–Crippen MR) is 127 cm³/mol. The van der Waals surface area contributed by atoms with Crippen LogP contribution in [-0.2, 0) is 0 Å². The Labute approximate surface area is 184 Å². The Morgan fingerprint density at radius 2 is 1.73 bits per heavy atom. The zero-order valence-corrected chi connectivity index (χ0v) is 19.5. The minimum absolute atomic E-state index is 0.0350. The Hall–Kier alpha value is -2.66. The van der Waals surface area contributed by atoms with Crippen molar-refractivity contribution >= 4 is 17.3 Å². The lowest BCUT2D eigenvalue weighted by atomic mass is 9.96. The van der Waals surface area contributed by atoms with E-state index in [1.54, 1.807) is 0 Å². The average Bonchev–Trinajstić information content (AvgIpc) is 3.18. The van der Waals surface area contributed by atoms with Crippen LogP contribution in [0.5, 0.6) is 0 Å². The fourth-order valence-electron chi connectivity index (χ4n) is 5.04. The molecule has 1 saturated heterocycles. The van der Waals surface area contributed by atoms with Gasteiger partial charge in [-0.2, -0.15) is 0 Å². The third-order valence-corrected chi connectivity index (χ3v) is 6.54. The molecule has 1 fully saturated rings. The summed E-state index contributed by atoms with van der Waals surface area (Å²) >= 11 is 5.71. The Bertz CT molecular complexity index is 1080. The molecule has 3 heterocycles. The Morgan fingerprint density at radius 1 is 1.03 bits per heavy atom. The van der Waals surface area contributed by atoms with E-state index in [0.29, 0.717) is 0 Å². The Morgan fingerprint density at radius 3 is 2.33 bits per heavy atom. The SMILES string of the molecule is CCN1C(=S)N[C@@H](c2ccccn2)[C@H]1c1cc(C)n(-c2c(C)cc(C)cc2C)c1C. The van der Waals surface area contributed by atoms with Gasteiger partial charge in [-0.25, -0.2) is 0 Å². The minimum Gasteiger partial charge on any atom is -0.352 e. The molecule has 0 amide bonds. The van der Waals surface area contributed by atoms with Crippen LogP contribution in [0.2, 0.25) is 0 Å². The predicted octanol–water partition coefficient (Wildman–Crippen LogP) is 5.41. The molecule has 1 aliphatic rings. The first-order valence-corrected chi connectivity index (χ1v) is 11.0. The summed E-state index contributed by atoms with van der Waals surface area (Å²) in [6, 6.07) is 13.1. The fraction of sp³-hybridized carbons (Fsp3) is 0.360. The molecule has 30 heavy (non-hydrogen) atoms. The molecule has 3 aromatic rings. The summed E-state index contributed by atoms with van der Waals surface area (Å²) in [5, 5.41) is 4.33. The van der Waals surface area contributed by atoms with Crippen LogP contribution < -0.4 is 5.32 Å². The van der Waals surface area contributed by atoms with Gasteiger partial charge in [-0.3, -0.25) is 4.98 Å². The van der Waals surface area contributed by atoms with E-state index in [-0.39, 0.29) is 12.1 Å². The van der Waals surface area contributed by atoms with Crippen LogP contribution >= 0.6 is 12.2 Å². The van der Waals surface area contributed by atoms with Gasteiger partial charge >= 0.3 is 0 Å². The summed E-state index contributed by atoms with van der Waals surface area (Å²) in [4.78, 5) is 6.93. The largest absolute Gasteiger partial charge is 0.352 e. The molecule has 156 valence electrons. The van der Waals surface area contributed by atoms with Crippen molar-refractivity contribution in [3.05, 3.63) is 81.9 Å². The maximum absolute atomic E-state index is 5.71. The molecule has 0 unspecified atom stereocenters. The zero-order valence-electron chi connectivity index (χ0n) is 18.7. The number of thiocarbonyl (C=S) groups is 1. The molecule has 1 aromatic carbocycles. The molecule has 2 atom stereocenters. The van der Waals surface area contributed by atoms with E-state index in [2.05, 4.69) is 85.6 Å². The molecule has 2 aromatic heterocycles. The zero-order chi connectivity index (χ0) is 21.6. The van der Waals surface area contributed by atoms with Crippen LogP contribution in [-0.4, -0.2) is 26.1 Å². The van der Waals surface area contributed by atoms with Crippen molar-refractivity contribution in [2.45, 2.75) is 53.6 Å². The van der Waals surface area contributed by atoms with Gasteiger partial charge in [-0.05, 0) is 88.6 Å². The van der Waals surface area contributed by atoms with E-state index in [0.717, 1.165) is 17.4 Å². The Balaban J connectivity index is 1.88. The Kier molecular flexibility index (Phi) is 5.41. The van der Waals surface area contributed by atoms with E-state index in [9.17, 15) is 0 Å². The molecule has 0 radical (unpaired) electrons. The number of nitrogens with zero attached hydrogens (tertiary/aromatic N) is 3. The lowest BCUT2D eigenvalue weighted by molar-refractivity contribution is 0.329. The molecular weight excluding hydrogens is 388 g/mol. The maximum Gasteiger partial charge on any atom is 0.170 e. The van der Waals surface area contributed by atoms with Gasteiger partial charge in [0.2, 0.25) is 0 Å². The third kappa shape index (κ3) is 3.31. The smallest absolute Gasteiger partial charge is 0.170 e. The first-order valence-electron chi connectivity index (χ1n) is 10.6. The van der Waals surface area contributed by atoms with Gasteiger partial charge in [0.25, 0.3) is 0 Å². The van der Waals surface area contributed by atoms with E-state index in [4.69, 9.17) is 12.2 Å². The highest BCUT2D eigenvalue weighted by molar-refractivity contribution is 7.80. The number of rotatable bonds is 4. The minimum atomic E-state index is 0.0350. The number of hydrogen-bond donors (Lipinski definition) is 1. The molecule has 1 aliphatic heterocycles. The topological polar surface area (TPSA) is 33.1 Å². The molecular formula is C25H30N4S. The number of hydrogen-bond acceptors (Lipinski definition) is 2. The highest BCUT2D eigenvalue weighted by Crippen LogP contribution is 2.41. The summed E-state index contributed by atoms with van der Waals surface area (Å²) in [5.74, 6) is 0. The molecule has 4 rings (SSSR count). The summed E-state index contributed by atoms with van der Waals surface area (Å²) < 4.78 is 2.41. The molecule has 0 saturated carbocycles. The first-order chi connectivity index (χ1) is 14.3. The number of nitrogens with one attached hydrogen (secondary N) is 1. The standard InChI is InChI=1S/C25H30N4S/c1-7-28-24(22(27-25(28)30)21-10-8-9-11-26-21)20-14-18(5)29(19(20)6)23-16(3)12-15(2)13-17(23)4/h8-14,22,24H,7H2,1-6H3,(H,27,30)/t22-,24+/m0/s1. The summed E-state index contributed by atoms with van der Waals surface area (Å²) in [7, 11) is 0.